The van der Waals surface area contributed by atoms with Crippen LogP contribution in [0.1, 0.15) is 95.2 Å². The Balaban J connectivity index is 0.811. The molecule has 0 aliphatic heterocycles. The van der Waals surface area contributed by atoms with Crippen LogP contribution in [0, 0.1) is 64.2 Å². The third-order valence-electron chi connectivity index (χ3n) is 25.8. The summed E-state index contributed by atoms with van der Waals surface area (Å²) >= 11 is 0. The minimum absolute atomic E-state index is 0.0330. The van der Waals surface area contributed by atoms with Gasteiger partial charge in [-0.3, -0.25) is 0 Å². The predicted molar refractivity (Wildman–Crippen MR) is 518 cm³/mol. The molecule has 0 N–H and O–H groups in total. The fourth-order valence-corrected chi connectivity index (χ4v) is 28.9. The molecule has 0 aliphatic rings. The number of rotatable bonds is 18. The lowest BCUT2D eigenvalue weighted by atomic mass is 9.84. The molecule has 6 nitrogen and oxygen atoms in total. The molecule has 20 aromatic rings. The number of para-hydroxylation sites is 4. The molecule has 0 spiro atoms. The predicted octanol–water partition coefficient (Wildman–Crippen LogP) is 25.3. The molecule has 0 unspecified atom stereocenters. The molecule has 0 atom stereocenters. The Hall–Kier alpha value is -14.4. The van der Waals surface area contributed by atoms with E-state index in [1.165, 1.54) is 74.9 Å². The summed E-state index contributed by atoms with van der Waals surface area (Å²) in [6, 6.07) is 136. The Morgan fingerprint density at radius 3 is 0.811 bits per heavy atom. The average molecular weight is 1600 g/mol. The van der Waals surface area contributed by atoms with Crippen LogP contribution in [0.5, 0.6) is 0 Å². The summed E-state index contributed by atoms with van der Waals surface area (Å²) < 4.78 is 14.3. The number of hydrogen-bond donors (Lipinski definition) is 0. The summed E-state index contributed by atoms with van der Waals surface area (Å²) in [5.41, 5.74) is 22.4. The van der Waals surface area contributed by atoms with E-state index in [4.69, 9.17) is 8.83 Å². The van der Waals surface area contributed by atoms with Crippen LogP contribution in [0.3, 0.4) is 0 Å². The average Bonchev–Trinajstić information content (AvgIpc) is 0.809. The molecular weight excluding hydrogens is 1510 g/mol. The van der Waals surface area contributed by atoms with Crippen molar-refractivity contribution in [3.63, 3.8) is 0 Å². The maximum Gasteiger partial charge on any atom is 0.179 e. The third kappa shape index (κ3) is 12.5. The van der Waals surface area contributed by atoms with Gasteiger partial charge in [-0.2, -0.15) is 10.5 Å². The Morgan fingerprint density at radius 1 is 0.246 bits per heavy atom. The van der Waals surface area contributed by atoms with Crippen LogP contribution in [-0.2, 0) is 0 Å². The van der Waals surface area contributed by atoms with Crippen molar-refractivity contribution in [2.45, 2.75) is 81.1 Å². The first-order valence-electron chi connectivity index (χ1n) is 42.4. The maximum absolute atomic E-state index is 11.9. The zero-order valence-electron chi connectivity index (χ0n) is 70.2. The maximum atomic E-state index is 11.9. The molecule has 0 amide bonds. The number of hydrogen-bond acceptors (Lipinski definition) is 6. The van der Waals surface area contributed by atoms with Crippen molar-refractivity contribution in [3.8, 4) is 34.4 Å². The number of fused-ring (bicyclic) bond motifs is 6. The van der Waals surface area contributed by atoms with E-state index in [2.05, 4.69) is 407 Å². The first-order valence-corrected chi connectivity index (χ1v) is 46.4. The molecule has 0 aliphatic carbocycles. The van der Waals surface area contributed by atoms with Crippen molar-refractivity contribution in [2.24, 2.45) is 0 Å². The van der Waals surface area contributed by atoms with Crippen molar-refractivity contribution < 1.29 is 8.83 Å². The van der Waals surface area contributed by atoms with Crippen LogP contribution in [0.4, 0.5) is 34.1 Å². The normalized spacial score (nSPS) is 12.0. The van der Waals surface area contributed by atoms with Crippen LogP contribution >= 0.6 is 0 Å². The van der Waals surface area contributed by atoms with E-state index in [0.717, 1.165) is 121 Å². The minimum Gasteiger partial charge on any atom is -0.454 e. The van der Waals surface area contributed by atoms with Gasteiger partial charge in [-0.1, -0.05) is 352 Å². The first-order chi connectivity index (χ1) is 59.5. The number of anilines is 6. The lowest BCUT2D eigenvalue weighted by Gasteiger charge is -2.35. The zero-order chi connectivity index (χ0) is 83.4. The Labute approximate surface area is 715 Å². The molecule has 586 valence electrons. The van der Waals surface area contributed by atoms with Gasteiger partial charge in [0.25, 0.3) is 0 Å². The number of nitriles is 2. The fourth-order valence-electron chi connectivity index (χ4n) is 19.6. The third-order valence-corrected chi connectivity index (χ3v) is 35.4. The quantitative estimate of drug-likeness (QED) is 0.0484. The van der Waals surface area contributed by atoms with E-state index < -0.39 is 16.1 Å². The van der Waals surface area contributed by atoms with E-state index in [1.54, 1.807) is 0 Å². The Kier molecular flexibility index (Phi) is 19.0. The monoisotopic (exact) mass is 1600 g/mol. The lowest BCUT2D eigenvalue weighted by Crippen LogP contribution is -2.74. The lowest BCUT2D eigenvalue weighted by molar-refractivity contribution is 0.668. The van der Waals surface area contributed by atoms with E-state index in [-0.39, 0.29) is 11.8 Å². The molecule has 8 heteroatoms. The standard InChI is InChI=1S/C114H90N4O2Si2/c1-71(2)101-67-107(117(103-21-15-19-97-93-17-11-13-23-109(93)119-113(97)103)105-65-81(37-39-83(105)69-115)79-41-57-91(58-42-79)121(85-45-25-73(5)26-46-85,86-47-27-74(6)28-48-86)87-49-29-75(7)30-50-87)99-64-62-96-102(72(3)4)68-108(100-63-61-95(101)111(99)112(96)100)118(104-22-16-20-98-94-18-12-14-24-110(94)120-114(98)104)106-66-82(38-40-84(106)70-116)80-43-59-92(60-44-80)122(88-51-31-76(8)32-52-88,89-53-33-77(9)34-54-89)90-55-35-78(10)36-56-90/h11-68,71-72H,1-10H3. The second kappa shape index (κ2) is 30.5. The zero-order valence-corrected chi connectivity index (χ0v) is 72.2. The molecule has 0 saturated carbocycles. The molecule has 2 aromatic heterocycles. The summed E-state index contributed by atoms with van der Waals surface area (Å²) in [5, 5.41) is 44.6. The molecule has 0 saturated heterocycles. The topological polar surface area (TPSA) is 80.3 Å². The van der Waals surface area contributed by atoms with Gasteiger partial charge < -0.3 is 18.6 Å². The van der Waals surface area contributed by atoms with Crippen molar-refractivity contribution in [3.05, 3.63) is 407 Å². The number of benzene rings is 18. The highest BCUT2D eigenvalue weighted by Gasteiger charge is 2.44. The van der Waals surface area contributed by atoms with Gasteiger partial charge in [0, 0.05) is 32.3 Å². The number of nitrogens with zero attached hydrogens (tertiary/aromatic N) is 4. The summed E-state index contributed by atoms with van der Waals surface area (Å²) in [6.45, 7) is 22.2. The highest BCUT2D eigenvalue weighted by molar-refractivity contribution is 7.20. The summed E-state index contributed by atoms with van der Waals surface area (Å²) in [6.07, 6.45) is 0. The summed E-state index contributed by atoms with van der Waals surface area (Å²) in [4.78, 5) is 4.66. The highest BCUT2D eigenvalue weighted by Crippen LogP contribution is 2.54. The van der Waals surface area contributed by atoms with Gasteiger partial charge in [0.15, 0.2) is 27.3 Å². The molecule has 18 aromatic carbocycles. The largest absolute Gasteiger partial charge is 0.454 e. The Morgan fingerprint density at radius 2 is 0.516 bits per heavy atom. The minimum atomic E-state index is -2.94. The second-order valence-electron chi connectivity index (χ2n) is 34.1. The van der Waals surface area contributed by atoms with Gasteiger partial charge in [-0.15, -0.1) is 0 Å². The molecule has 20 rings (SSSR count). The molecule has 2 heterocycles. The van der Waals surface area contributed by atoms with Gasteiger partial charge in [-0.05, 0) is 210 Å². The molecule has 0 radical (unpaired) electrons. The van der Waals surface area contributed by atoms with E-state index in [9.17, 15) is 10.5 Å². The number of furan rings is 2. The van der Waals surface area contributed by atoms with E-state index in [0.29, 0.717) is 33.7 Å². The van der Waals surface area contributed by atoms with Gasteiger partial charge in [0.1, 0.15) is 23.3 Å². The van der Waals surface area contributed by atoms with E-state index >= 15 is 0 Å². The molecule has 122 heavy (non-hydrogen) atoms. The number of aryl methyl sites for hydroxylation is 6. The van der Waals surface area contributed by atoms with Crippen LogP contribution in [0.25, 0.3) is 98.4 Å². The van der Waals surface area contributed by atoms with Crippen molar-refractivity contribution in [1.82, 2.24) is 0 Å². The van der Waals surface area contributed by atoms with Crippen LogP contribution in [-0.4, -0.2) is 16.1 Å². The fraction of sp³-hybridized carbons (Fsp3) is 0.105. The Bertz CT molecular complexity index is 6880. The summed E-state index contributed by atoms with van der Waals surface area (Å²) in [7, 11) is -5.89. The molecule has 0 fully saturated rings. The highest BCUT2D eigenvalue weighted by atomic mass is 28.3. The first kappa shape index (κ1) is 76.3. The van der Waals surface area contributed by atoms with Crippen LogP contribution in [0.15, 0.2) is 361 Å². The molecule has 0 bridgehead atoms. The van der Waals surface area contributed by atoms with E-state index in [1.807, 2.05) is 36.4 Å². The van der Waals surface area contributed by atoms with Crippen LogP contribution in [0.2, 0.25) is 0 Å². The van der Waals surface area contributed by atoms with Gasteiger partial charge in [0.05, 0.1) is 45.3 Å². The smallest absolute Gasteiger partial charge is 0.179 e. The van der Waals surface area contributed by atoms with Gasteiger partial charge in [-0.25, -0.2) is 0 Å². The van der Waals surface area contributed by atoms with Crippen LogP contribution < -0.4 is 51.3 Å². The van der Waals surface area contributed by atoms with Crippen molar-refractivity contribution >= 4 is 168 Å². The second-order valence-corrected chi connectivity index (χ2v) is 41.7. The summed E-state index contributed by atoms with van der Waals surface area (Å²) in [5.74, 6) is 0.0660. The molecular formula is C114H90N4O2Si2. The van der Waals surface area contributed by atoms with Crippen molar-refractivity contribution in [1.29, 1.82) is 10.5 Å². The van der Waals surface area contributed by atoms with Crippen molar-refractivity contribution in [2.75, 3.05) is 9.80 Å². The SMILES string of the molecule is Cc1ccc([Si](c2ccc(C)cc2)(c2ccc(C)cc2)c2ccc(-c3ccc(C#N)c(N(c4cc(C(C)C)c5ccc6c(N(c7cc(-c8ccc([Si](c9ccc(C)cc9)(c9ccc(C)cc9)c9ccc(C)cc9)cc8)ccc7C#N)c7cccc8c7oc7ccccc78)cc(C(C)C)c7ccc4c5c76)c4cccc5c4oc4ccccc45)c3)cc2)cc1. The van der Waals surface area contributed by atoms with Gasteiger partial charge in [0.2, 0.25) is 0 Å². The van der Waals surface area contributed by atoms with Gasteiger partial charge >= 0.3 is 0 Å².